The predicted molar refractivity (Wildman–Crippen MR) is 96.1 cm³/mol. The van der Waals surface area contributed by atoms with Crippen LogP contribution in [0.15, 0.2) is 42.7 Å². The van der Waals surface area contributed by atoms with Crippen LogP contribution in [0.2, 0.25) is 0 Å². The maximum atomic E-state index is 12.6. The average molecular weight is 323 g/mol. The van der Waals surface area contributed by atoms with Gasteiger partial charge in [0.15, 0.2) is 0 Å². The first-order chi connectivity index (χ1) is 11.6. The monoisotopic (exact) mass is 323 g/mol. The zero-order valence-electron chi connectivity index (χ0n) is 14.5. The molecule has 1 saturated heterocycles. The standard InChI is InChI=1S/C20H25N3O/c1-15-12-22-11-9-19(15)14-23(2)20(24)17-7-5-16(6-8-17)18-4-3-10-21-13-18/h5-9,11-12,18,21H,3-4,10,13-14H2,1-2H3. The molecule has 1 aromatic carbocycles. The van der Waals surface area contributed by atoms with Gasteiger partial charge in [0.05, 0.1) is 0 Å². The summed E-state index contributed by atoms with van der Waals surface area (Å²) >= 11 is 0. The summed E-state index contributed by atoms with van der Waals surface area (Å²) in [5.74, 6) is 0.625. The van der Waals surface area contributed by atoms with Crippen LogP contribution in [0.25, 0.3) is 0 Å². The molecule has 1 atom stereocenters. The average Bonchev–Trinajstić information content (AvgIpc) is 2.64. The van der Waals surface area contributed by atoms with Crippen molar-refractivity contribution in [2.45, 2.75) is 32.2 Å². The second-order valence-electron chi connectivity index (χ2n) is 6.63. The molecule has 0 saturated carbocycles. The van der Waals surface area contributed by atoms with E-state index >= 15 is 0 Å². The molecule has 0 bridgehead atoms. The lowest BCUT2D eigenvalue weighted by Crippen LogP contribution is -2.28. The highest BCUT2D eigenvalue weighted by Crippen LogP contribution is 2.23. The molecule has 126 valence electrons. The van der Waals surface area contributed by atoms with Crippen molar-refractivity contribution in [3.05, 3.63) is 65.0 Å². The Morgan fingerprint density at radius 1 is 1.29 bits per heavy atom. The first-order valence-electron chi connectivity index (χ1n) is 8.61. The Kier molecular flexibility index (Phi) is 5.26. The molecule has 24 heavy (non-hydrogen) atoms. The topological polar surface area (TPSA) is 45.2 Å². The number of aryl methyl sites for hydroxylation is 1. The van der Waals surface area contributed by atoms with E-state index in [-0.39, 0.29) is 5.91 Å². The summed E-state index contributed by atoms with van der Waals surface area (Å²) < 4.78 is 0. The lowest BCUT2D eigenvalue weighted by atomic mass is 9.91. The molecule has 2 heterocycles. The molecule has 0 spiro atoms. The van der Waals surface area contributed by atoms with E-state index in [4.69, 9.17) is 0 Å². The van der Waals surface area contributed by atoms with Gasteiger partial charge in [-0.25, -0.2) is 0 Å². The van der Waals surface area contributed by atoms with Crippen LogP contribution in [0.5, 0.6) is 0 Å². The van der Waals surface area contributed by atoms with Gasteiger partial charge in [0.25, 0.3) is 5.91 Å². The van der Waals surface area contributed by atoms with E-state index in [0.717, 1.165) is 29.8 Å². The Morgan fingerprint density at radius 2 is 2.08 bits per heavy atom. The highest BCUT2D eigenvalue weighted by molar-refractivity contribution is 5.94. The van der Waals surface area contributed by atoms with E-state index in [1.165, 1.54) is 18.4 Å². The Morgan fingerprint density at radius 3 is 2.75 bits per heavy atom. The van der Waals surface area contributed by atoms with Crippen LogP contribution in [0.3, 0.4) is 0 Å². The molecule has 1 aliphatic rings. The van der Waals surface area contributed by atoms with Crippen LogP contribution in [0.1, 0.15) is 45.8 Å². The molecule has 4 nitrogen and oxygen atoms in total. The number of hydrogen-bond donors (Lipinski definition) is 1. The number of rotatable bonds is 4. The van der Waals surface area contributed by atoms with Crippen molar-refractivity contribution in [1.29, 1.82) is 0 Å². The molecule has 1 amide bonds. The van der Waals surface area contributed by atoms with Gasteiger partial charge in [-0.2, -0.15) is 0 Å². The number of carbonyl (C=O) groups is 1. The first kappa shape index (κ1) is 16.7. The number of benzene rings is 1. The number of nitrogens with zero attached hydrogens (tertiary/aromatic N) is 2. The van der Waals surface area contributed by atoms with Gasteiger partial charge in [-0.1, -0.05) is 12.1 Å². The van der Waals surface area contributed by atoms with Crippen LogP contribution < -0.4 is 5.32 Å². The summed E-state index contributed by atoms with van der Waals surface area (Å²) in [5.41, 5.74) is 4.31. The SMILES string of the molecule is Cc1cnccc1CN(C)C(=O)c1ccc(C2CCCNC2)cc1. The number of nitrogens with one attached hydrogen (secondary N) is 1. The molecule has 1 fully saturated rings. The van der Waals surface area contributed by atoms with Crippen LogP contribution in [0.4, 0.5) is 0 Å². The van der Waals surface area contributed by atoms with Crippen molar-refractivity contribution in [2.75, 3.05) is 20.1 Å². The van der Waals surface area contributed by atoms with Crippen LogP contribution >= 0.6 is 0 Å². The van der Waals surface area contributed by atoms with E-state index < -0.39 is 0 Å². The lowest BCUT2D eigenvalue weighted by Gasteiger charge is -2.23. The van der Waals surface area contributed by atoms with Gasteiger partial charge in [0, 0.05) is 38.1 Å². The van der Waals surface area contributed by atoms with Gasteiger partial charge < -0.3 is 10.2 Å². The third-order valence-electron chi connectivity index (χ3n) is 4.82. The highest BCUT2D eigenvalue weighted by atomic mass is 16.2. The fraction of sp³-hybridized carbons (Fsp3) is 0.400. The maximum Gasteiger partial charge on any atom is 0.253 e. The lowest BCUT2D eigenvalue weighted by molar-refractivity contribution is 0.0785. The van der Waals surface area contributed by atoms with E-state index in [1.807, 2.05) is 38.4 Å². The number of pyridine rings is 1. The van der Waals surface area contributed by atoms with Crippen LogP contribution in [-0.2, 0) is 6.54 Å². The molecular weight excluding hydrogens is 298 g/mol. The zero-order chi connectivity index (χ0) is 16.9. The minimum absolute atomic E-state index is 0.0551. The molecule has 4 heteroatoms. The Balaban J connectivity index is 1.67. The van der Waals surface area contributed by atoms with Gasteiger partial charge in [-0.15, -0.1) is 0 Å². The predicted octanol–water partition coefficient (Wildman–Crippen LogP) is 3.13. The number of piperidine rings is 1. The Hall–Kier alpha value is -2.20. The van der Waals surface area contributed by atoms with Crippen molar-refractivity contribution in [1.82, 2.24) is 15.2 Å². The summed E-state index contributed by atoms with van der Waals surface area (Å²) in [6.45, 7) is 4.77. The van der Waals surface area contributed by atoms with Gasteiger partial charge in [-0.3, -0.25) is 9.78 Å². The second-order valence-corrected chi connectivity index (χ2v) is 6.63. The largest absolute Gasteiger partial charge is 0.337 e. The van der Waals surface area contributed by atoms with Gasteiger partial charge in [0.2, 0.25) is 0 Å². The van der Waals surface area contributed by atoms with Crippen molar-refractivity contribution < 1.29 is 4.79 Å². The Bertz CT molecular complexity index is 690. The Labute approximate surface area is 143 Å². The zero-order valence-corrected chi connectivity index (χ0v) is 14.5. The molecule has 1 N–H and O–H groups in total. The molecule has 3 rings (SSSR count). The normalized spacial score (nSPS) is 17.5. The number of hydrogen-bond acceptors (Lipinski definition) is 3. The first-order valence-corrected chi connectivity index (χ1v) is 8.61. The van der Waals surface area contributed by atoms with Gasteiger partial charge in [-0.05, 0) is 67.1 Å². The molecule has 1 aliphatic heterocycles. The summed E-state index contributed by atoms with van der Waals surface area (Å²) in [6.07, 6.45) is 6.05. The maximum absolute atomic E-state index is 12.6. The van der Waals surface area contributed by atoms with Gasteiger partial charge >= 0.3 is 0 Å². The number of carbonyl (C=O) groups excluding carboxylic acids is 1. The van der Waals surface area contributed by atoms with E-state index in [9.17, 15) is 4.79 Å². The van der Waals surface area contributed by atoms with Crippen molar-refractivity contribution in [3.63, 3.8) is 0 Å². The number of aromatic nitrogens is 1. The van der Waals surface area contributed by atoms with Crippen LogP contribution in [0, 0.1) is 6.92 Å². The molecule has 1 unspecified atom stereocenters. The minimum atomic E-state index is 0.0551. The summed E-state index contributed by atoms with van der Waals surface area (Å²) in [4.78, 5) is 18.5. The third-order valence-corrected chi connectivity index (χ3v) is 4.82. The minimum Gasteiger partial charge on any atom is -0.337 e. The van der Waals surface area contributed by atoms with Crippen LogP contribution in [-0.4, -0.2) is 35.9 Å². The molecular formula is C20H25N3O. The smallest absolute Gasteiger partial charge is 0.253 e. The highest BCUT2D eigenvalue weighted by Gasteiger charge is 2.17. The number of amides is 1. The van der Waals surface area contributed by atoms with Crippen molar-refractivity contribution in [2.24, 2.45) is 0 Å². The van der Waals surface area contributed by atoms with E-state index in [0.29, 0.717) is 12.5 Å². The third kappa shape index (κ3) is 3.82. The van der Waals surface area contributed by atoms with E-state index in [1.54, 1.807) is 11.1 Å². The quantitative estimate of drug-likeness (QED) is 0.940. The van der Waals surface area contributed by atoms with Crippen molar-refractivity contribution in [3.8, 4) is 0 Å². The molecule has 0 aliphatic carbocycles. The summed E-state index contributed by atoms with van der Waals surface area (Å²) in [6, 6.07) is 10.1. The fourth-order valence-corrected chi connectivity index (χ4v) is 3.26. The van der Waals surface area contributed by atoms with E-state index in [2.05, 4.69) is 22.4 Å². The molecule has 2 aromatic rings. The molecule has 1 aromatic heterocycles. The molecule has 0 radical (unpaired) electrons. The second kappa shape index (κ2) is 7.58. The van der Waals surface area contributed by atoms with Crippen molar-refractivity contribution >= 4 is 5.91 Å². The summed E-state index contributed by atoms with van der Waals surface area (Å²) in [7, 11) is 1.85. The van der Waals surface area contributed by atoms with Gasteiger partial charge in [0.1, 0.15) is 0 Å². The fourth-order valence-electron chi connectivity index (χ4n) is 3.26. The summed E-state index contributed by atoms with van der Waals surface area (Å²) in [5, 5.41) is 3.44.